The number of anilines is 1. The van der Waals surface area contributed by atoms with E-state index >= 15 is 0 Å². The molecule has 3 rings (SSSR count). The summed E-state index contributed by atoms with van der Waals surface area (Å²) in [6.45, 7) is 2.28. The molecular weight excluding hydrogens is 404 g/mol. The molecule has 0 spiro atoms. The van der Waals surface area contributed by atoms with E-state index in [1.165, 1.54) is 36.0 Å². The predicted octanol–water partition coefficient (Wildman–Crippen LogP) is 2.16. The first kappa shape index (κ1) is 21.1. The molecule has 30 heavy (non-hydrogen) atoms. The molecule has 0 aliphatic heterocycles. The molecule has 8 nitrogen and oxygen atoms in total. The number of hydrogen-bond donors (Lipinski definition) is 3. The van der Waals surface area contributed by atoms with Gasteiger partial charge in [0.2, 0.25) is 0 Å². The Hall–Kier alpha value is -3.59. The molecule has 1 heterocycles. The fraction of sp³-hybridized carbons (Fsp3) is 0.143. The van der Waals surface area contributed by atoms with Crippen LogP contribution in [0.15, 0.2) is 65.7 Å². The third kappa shape index (κ3) is 4.69. The van der Waals surface area contributed by atoms with Crippen LogP contribution in [0.25, 0.3) is 0 Å². The van der Waals surface area contributed by atoms with Crippen molar-refractivity contribution in [3.8, 4) is 0 Å². The number of rotatable bonds is 7. The van der Waals surface area contributed by atoms with E-state index in [-0.39, 0.29) is 21.8 Å². The van der Waals surface area contributed by atoms with Crippen LogP contribution in [0.1, 0.15) is 32.0 Å². The molecule has 156 valence electrons. The highest BCUT2D eigenvalue weighted by molar-refractivity contribution is 7.92. The minimum absolute atomic E-state index is 0.0551. The van der Waals surface area contributed by atoms with Gasteiger partial charge in [-0.2, -0.15) is 0 Å². The average molecular weight is 426 g/mol. The highest BCUT2D eigenvalue weighted by Gasteiger charge is 2.22. The second kappa shape index (κ2) is 8.42. The second-order valence-corrected chi connectivity index (χ2v) is 8.54. The Kier molecular flexibility index (Phi) is 5.93. The molecule has 0 aliphatic carbocycles. The zero-order valence-corrected chi connectivity index (χ0v) is 17.4. The van der Waals surface area contributed by atoms with Gasteiger partial charge in [0.05, 0.1) is 11.3 Å². The number of primary amides is 1. The third-order valence-corrected chi connectivity index (χ3v) is 5.86. The molecule has 4 N–H and O–H groups in total. The first-order chi connectivity index (χ1) is 14.2. The normalized spacial score (nSPS) is 11.1. The van der Waals surface area contributed by atoms with Crippen molar-refractivity contribution in [1.29, 1.82) is 0 Å². The standard InChI is InChI=1S/C21H22N4O4S/c1-14-7-9-15(10-8-14)12-23-21(27)17-5-3-4-6-18(17)24-30(28,29)16-11-19(20(22)26)25(2)13-16/h3-11,13,24H,12H2,1-2H3,(H2,22,26)(H,23,27). The Morgan fingerprint density at radius 3 is 2.37 bits per heavy atom. The van der Waals surface area contributed by atoms with Gasteiger partial charge in [-0.25, -0.2) is 8.42 Å². The summed E-state index contributed by atoms with van der Waals surface area (Å²) in [5.74, 6) is -1.16. The van der Waals surface area contributed by atoms with Gasteiger partial charge in [-0.15, -0.1) is 0 Å². The lowest BCUT2D eigenvalue weighted by atomic mass is 10.1. The number of sulfonamides is 1. The van der Waals surface area contributed by atoms with Gasteiger partial charge in [-0.3, -0.25) is 14.3 Å². The Labute approximate surface area is 174 Å². The van der Waals surface area contributed by atoms with Crippen molar-refractivity contribution in [2.75, 3.05) is 4.72 Å². The van der Waals surface area contributed by atoms with Crippen LogP contribution in [0.3, 0.4) is 0 Å². The van der Waals surface area contributed by atoms with Gasteiger partial charge in [-0.1, -0.05) is 42.0 Å². The summed E-state index contributed by atoms with van der Waals surface area (Å²) in [5, 5.41) is 2.79. The van der Waals surface area contributed by atoms with Crippen LogP contribution in [0.4, 0.5) is 5.69 Å². The molecule has 1 aromatic heterocycles. The van der Waals surface area contributed by atoms with Crippen LogP contribution >= 0.6 is 0 Å². The summed E-state index contributed by atoms with van der Waals surface area (Å²) < 4.78 is 29.3. The molecule has 9 heteroatoms. The van der Waals surface area contributed by atoms with E-state index in [4.69, 9.17) is 5.73 Å². The molecule has 3 aromatic rings. The van der Waals surface area contributed by atoms with Crippen molar-refractivity contribution in [3.05, 3.63) is 83.2 Å². The van der Waals surface area contributed by atoms with Crippen molar-refractivity contribution >= 4 is 27.5 Å². The molecule has 0 bridgehead atoms. The Bertz CT molecular complexity index is 1200. The predicted molar refractivity (Wildman–Crippen MR) is 114 cm³/mol. The number of carbonyl (C=O) groups excluding carboxylic acids is 2. The molecule has 0 atom stereocenters. The first-order valence-electron chi connectivity index (χ1n) is 9.09. The molecule has 0 unspecified atom stereocenters. The van der Waals surface area contributed by atoms with Gasteiger partial charge in [0.25, 0.3) is 21.8 Å². The number of aromatic nitrogens is 1. The summed E-state index contributed by atoms with van der Waals surface area (Å²) in [5.41, 5.74) is 7.65. The maximum Gasteiger partial charge on any atom is 0.265 e. The Morgan fingerprint density at radius 2 is 1.73 bits per heavy atom. The first-order valence-corrected chi connectivity index (χ1v) is 10.6. The van der Waals surface area contributed by atoms with Gasteiger partial charge in [0, 0.05) is 19.8 Å². The zero-order valence-electron chi connectivity index (χ0n) is 16.5. The van der Waals surface area contributed by atoms with Crippen molar-refractivity contribution in [2.24, 2.45) is 12.8 Å². The minimum atomic E-state index is -4.04. The lowest BCUT2D eigenvalue weighted by molar-refractivity contribution is 0.0950. The third-order valence-electron chi connectivity index (χ3n) is 4.53. The number of nitrogens with one attached hydrogen (secondary N) is 2. The summed E-state index contributed by atoms with van der Waals surface area (Å²) in [6, 6.07) is 15.2. The number of para-hydroxylation sites is 1. The maximum atomic E-state index is 12.8. The summed E-state index contributed by atoms with van der Waals surface area (Å²) in [6.07, 6.45) is 1.28. The lowest BCUT2D eigenvalue weighted by Crippen LogP contribution is -2.25. The molecule has 0 saturated heterocycles. The van der Waals surface area contributed by atoms with Gasteiger partial charge >= 0.3 is 0 Å². The number of hydrogen-bond acceptors (Lipinski definition) is 4. The quantitative estimate of drug-likeness (QED) is 0.536. The van der Waals surface area contributed by atoms with E-state index in [9.17, 15) is 18.0 Å². The molecule has 0 saturated carbocycles. The number of amides is 2. The number of aryl methyl sites for hydroxylation is 2. The van der Waals surface area contributed by atoms with Crippen LogP contribution in [0.5, 0.6) is 0 Å². The van der Waals surface area contributed by atoms with E-state index in [0.29, 0.717) is 6.54 Å². The van der Waals surface area contributed by atoms with E-state index in [1.807, 2.05) is 31.2 Å². The molecular formula is C21H22N4O4S. The van der Waals surface area contributed by atoms with Crippen molar-refractivity contribution in [1.82, 2.24) is 9.88 Å². The Balaban J connectivity index is 1.80. The SMILES string of the molecule is Cc1ccc(CNC(=O)c2ccccc2NS(=O)(=O)c2cc(C(N)=O)n(C)c2)cc1. The highest BCUT2D eigenvalue weighted by Crippen LogP contribution is 2.21. The minimum Gasteiger partial charge on any atom is -0.364 e. The van der Waals surface area contributed by atoms with Crippen LogP contribution in [0.2, 0.25) is 0 Å². The van der Waals surface area contributed by atoms with Crippen LogP contribution in [0, 0.1) is 6.92 Å². The molecule has 0 radical (unpaired) electrons. The highest BCUT2D eigenvalue weighted by atomic mass is 32.2. The Morgan fingerprint density at radius 1 is 1.07 bits per heavy atom. The fourth-order valence-corrected chi connectivity index (χ4v) is 4.03. The smallest absolute Gasteiger partial charge is 0.265 e. The van der Waals surface area contributed by atoms with E-state index in [2.05, 4.69) is 10.0 Å². The van der Waals surface area contributed by atoms with Crippen molar-refractivity contribution < 1.29 is 18.0 Å². The zero-order chi connectivity index (χ0) is 21.9. The topological polar surface area (TPSA) is 123 Å². The maximum absolute atomic E-state index is 12.8. The van der Waals surface area contributed by atoms with E-state index in [1.54, 1.807) is 12.1 Å². The largest absolute Gasteiger partial charge is 0.364 e. The summed E-state index contributed by atoms with van der Waals surface area (Å²) in [4.78, 5) is 23.9. The van der Waals surface area contributed by atoms with Crippen LogP contribution in [-0.4, -0.2) is 24.8 Å². The van der Waals surface area contributed by atoms with Crippen LogP contribution in [-0.2, 0) is 23.6 Å². The van der Waals surface area contributed by atoms with E-state index < -0.39 is 21.8 Å². The lowest BCUT2D eigenvalue weighted by Gasteiger charge is -2.12. The monoisotopic (exact) mass is 426 g/mol. The van der Waals surface area contributed by atoms with Gasteiger partial charge in [-0.05, 0) is 30.7 Å². The molecule has 2 amide bonds. The van der Waals surface area contributed by atoms with Gasteiger partial charge in [0.15, 0.2) is 0 Å². The molecule has 0 fully saturated rings. The number of nitrogens with zero attached hydrogens (tertiary/aromatic N) is 1. The number of carbonyl (C=O) groups is 2. The summed E-state index contributed by atoms with van der Waals surface area (Å²) >= 11 is 0. The van der Waals surface area contributed by atoms with E-state index in [0.717, 1.165) is 11.1 Å². The fourth-order valence-electron chi connectivity index (χ4n) is 2.88. The number of benzene rings is 2. The average Bonchev–Trinajstić information content (AvgIpc) is 3.10. The molecule has 0 aliphatic rings. The van der Waals surface area contributed by atoms with Gasteiger partial charge in [0.1, 0.15) is 10.6 Å². The second-order valence-electron chi connectivity index (χ2n) is 6.86. The van der Waals surface area contributed by atoms with Crippen LogP contribution < -0.4 is 15.8 Å². The summed E-state index contributed by atoms with van der Waals surface area (Å²) in [7, 11) is -2.52. The number of nitrogens with two attached hydrogens (primary N) is 1. The van der Waals surface area contributed by atoms with Crippen molar-refractivity contribution in [2.45, 2.75) is 18.4 Å². The van der Waals surface area contributed by atoms with Gasteiger partial charge < -0.3 is 15.6 Å². The molecule has 2 aromatic carbocycles. The van der Waals surface area contributed by atoms with Crippen molar-refractivity contribution in [3.63, 3.8) is 0 Å².